The third kappa shape index (κ3) is 15.8. The van der Waals surface area contributed by atoms with Gasteiger partial charge < -0.3 is 37.1 Å². The molecule has 41 heavy (non-hydrogen) atoms. The monoisotopic (exact) mass is 688 g/mol. The Morgan fingerprint density at radius 3 is 2.12 bits per heavy atom. The summed E-state index contributed by atoms with van der Waals surface area (Å²) in [6, 6.07) is 4.16. The van der Waals surface area contributed by atoms with E-state index in [4.69, 9.17) is 10.5 Å². The molecule has 0 saturated heterocycles. The van der Waals surface area contributed by atoms with E-state index in [1.54, 1.807) is 38.1 Å². The molecule has 0 radical (unpaired) electrons. The minimum Gasteiger partial charge on any atom is -0.461 e. The number of rotatable bonds is 18. The highest BCUT2D eigenvalue weighted by atomic mass is 127. The molecule has 0 heterocycles. The Balaban J connectivity index is 2.81. The van der Waals surface area contributed by atoms with E-state index in [2.05, 4.69) is 26.6 Å². The summed E-state index contributed by atoms with van der Waals surface area (Å²) in [7, 11) is 0. The van der Waals surface area contributed by atoms with E-state index in [9.17, 15) is 28.8 Å². The molecule has 0 aliphatic heterocycles. The maximum absolute atomic E-state index is 13.2. The van der Waals surface area contributed by atoms with Crippen molar-refractivity contribution in [2.45, 2.75) is 71.6 Å². The summed E-state index contributed by atoms with van der Waals surface area (Å²) in [6.45, 7) is 5.67. The summed E-state index contributed by atoms with van der Waals surface area (Å²) >= 11 is 1.97. The summed E-state index contributed by atoms with van der Waals surface area (Å²) < 4.78 is 5.33. The smallest absolute Gasteiger partial charge is 0.312 e. The molecule has 2 atom stereocenters. The average molecular weight is 689 g/mol. The van der Waals surface area contributed by atoms with E-state index >= 15 is 0 Å². The van der Waals surface area contributed by atoms with Crippen molar-refractivity contribution in [1.82, 2.24) is 21.3 Å². The number of carbonyl (C=O) groups excluding carboxylic acids is 6. The normalized spacial score (nSPS) is 12.0. The number of alkyl halides is 1. The second kappa shape index (κ2) is 19.6. The number of esters is 1. The Hall–Kier alpha value is -3.43. The van der Waals surface area contributed by atoms with Crippen molar-refractivity contribution in [2.24, 2.45) is 11.7 Å². The van der Waals surface area contributed by atoms with Crippen molar-refractivity contribution in [1.29, 1.82) is 0 Å². The molecule has 1 aromatic rings. The SMILES string of the molecule is CC(=O)OCc1ccc(NC(=O)C(CCCNC(N)=O)NC(=O)C(NC(=O)CCCCNC(=O)CI)C(C)C)cc1. The van der Waals surface area contributed by atoms with Crippen molar-refractivity contribution < 1.29 is 33.5 Å². The van der Waals surface area contributed by atoms with Crippen LogP contribution < -0.4 is 32.3 Å². The van der Waals surface area contributed by atoms with Crippen LogP contribution in [-0.2, 0) is 35.3 Å². The van der Waals surface area contributed by atoms with E-state index in [0.717, 1.165) is 5.56 Å². The van der Waals surface area contributed by atoms with Crippen LogP contribution in [0.5, 0.6) is 0 Å². The zero-order valence-electron chi connectivity index (χ0n) is 23.7. The van der Waals surface area contributed by atoms with Crippen LogP contribution in [0.25, 0.3) is 0 Å². The Bertz CT molecular complexity index is 1040. The minimum atomic E-state index is -0.961. The standard InChI is InChI=1S/C27H41IN6O7/c1-17(2)24(34-22(36)8-4-5-13-30-23(37)15-28)26(39)33-21(7-6-14-31-27(29)40)25(38)32-20-11-9-19(10-12-20)16-41-18(3)35/h9-12,17,21,24H,4-8,13-16H2,1-3H3,(H,30,37)(H,32,38)(H,33,39)(H,34,36)(H3,29,31,40). The molecule has 14 heteroatoms. The van der Waals surface area contributed by atoms with Crippen molar-refractivity contribution in [2.75, 3.05) is 22.8 Å². The molecule has 0 saturated carbocycles. The lowest BCUT2D eigenvalue weighted by molar-refractivity contribution is -0.142. The minimum absolute atomic E-state index is 0.0631. The van der Waals surface area contributed by atoms with Crippen LogP contribution in [0.1, 0.15) is 58.4 Å². The number of urea groups is 1. The largest absolute Gasteiger partial charge is 0.461 e. The van der Waals surface area contributed by atoms with Crippen LogP contribution in [0.2, 0.25) is 0 Å². The van der Waals surface area contributed by atoms with Gasteiger partial charge in [-0.3, -0.25) is 24.0 Å². The number of benzene rings is 1. The first-order valence-corrected chi connectivity index (χ1v) is 14.9. The number of carbonyl (C=O) groups is 6. The van der Waals surface area contributed by atoms with Gasteiger partial charge in [-0.05, 0) is 49.3 Å². The first kappa shape index (κ1) is 35.6. The number of nitrogens with two attached hydrogens (primary N) is 1. The maximum Gasteiger partial charge on any atom is 0.312 e. The first-order chi connectivity index (χ1) is 19.4. The number of ether oxygens (including phenoxy) is 1. The molecule has 2 unspecified atom stereocenters. The fourth-order valence-electron chi connectivity index (χ4n) is 3.61. The second-order valence-corrected chi connectivity index (χ2v) is 10.5. The van der Waals surface area contributed by atoms with Crippen LogP contribution in [-0.4, -0.2) is 65.2 Å². The number of nitrogens with one attached hydrogen (secondary N) is 5. The lowest BCUT2D eigenvalue weighted by Crippen LogP contribution is -2.54. The molecule has 0 bridgehead atoms. The number of hydrogen-bond donors (Lipinski definition) is 6. The number of halogens is 1. The van der Waals surface area contributed by atoms with Gasteiger partial charge in [0.2, 0.25) is 23.6 Å². The van der Waals surface area contributed by atoms with Gasteiger partial charge in [0.25, 0.3) is 0 Å². The lowest BCUT2D eigenvalue weighted by atomic mass is 10.0. The number of hydrogen-bond acceptors (Lipinski definition) is 7. The van der Waals surface area contributed by atoms with Crippen molar-refractivity contribution in [3.05, 3.63) is 29.8 Å². The Labute approximate surface area is 254 Å². The van der Waals surface area contributed by atoms with Crippen molar-refractivity contribution in [3.63, 3.8) is 0 Å². The highest BCUT2D eigenvalue weighted by Crippen LogP contribution is 2.13. The predicted molar refractivity (Wildman–Crippen MR) is 162 cm³/mol. The number of unbranched alkanes of at least 4 members (excludes halogenated alkanes) is 1. The van der Waals surface area contributed by atoms with Gasteiger partial charge >= 0.3 is 12.0 Å². The van der Waals surface area contributed by atoms with Crippen LogP contribution in [0.4, 0.5) is 10.5 Å². The van der Waals surface area contributed by atoms with Crippen molar-refractivity contribution >= 4 is 63.9 Å². The van der Waals surface area contributed by atoms with Gasteiger partial charge in [0.05, 0.1) is 4.43 Å². The first-order valence-electron chi connectivity index (χ1n) is 13.4. The van der Waals surface area contributed by atoms with Crippen LogP contribution in [0.15, 0.2) is 24.3 Å². The molecule has 228 valence electrons. The van der Waals surface area contributed by atoms with Gasteiger partial charge in [0.1, 0.15) is 18.7 Å². The molecule has 0 aliphatic rings. The number of amides is 6. The van der Waals surface area contributed by atoms with E-state index in [1.165, 1.54) is 6.92 Å². The van der Waals surface area contributed by atoms with Gasteiger partial charge in [0.15, 0.2) is 0 Å². The number of primary amides is 1. The third-order valence-corrected chi connectivity index (χ3v) is 6.50. The van der Waals surface area contributed by atoms with Crippen LogP contribution in [0, 0.1) is 5.92 Å². The molecule has 0 aromatic heterocycles. The fourth-order valence-corrected chi connectivity index (χ4v) is 3.88. The zero-order chi connectivity index (χ0) is 30.8. The second-order valence-electron chi connectivity index (χ2n) is 9.69. The molecule has 0 spiro atoms. The van der Waals surface area contributed by atoms with Gasteiger partial charge in [-0.2, -0.15) is 0 Å². The molecule has 1 aromatic carbocycles. The molecule has 13 nitrogen and oxygen atoms in total. The van der Waals surface area contributed by atoms with Crippen LogP contribution in [0.3, 0.4) is 0 Å². The topological polar surface area (TPSA) is 198 Å². The summed E-state index contributed by atoms with van der Waals surface area (Å²) in [6.07, 6.45) is 1.91. The molecular weight excluding hydrogens is 647 g/mol. The quantitative estimate of drug-likeness (QED) is 0.0581. The summed E-state index contributed by atoms with van der Waals surface area (Å²) in [5.41, 5.74) is 6.32. The van der Waals surface area contributed by atoms with Crippen LogP contribution >= 0.6 is 22.6 Å². The average Bonchev–Trinajstić information content (AvgIpc) is 2.92. The summed E-state index contributed by atoms with van der Waals surface area (Å²) in [5, 5.41) is 13.4. The van der Waals surface area contributed by atoms with Gasteiger partial charge in [-0.1, -0.05) is 48.6 Å². The number of anilines is 1. The maximum atomic E-state index is 13.2. The Morgan fingerprint density at radius 2 is 1.54 bits per heavy atom. The van der Waals surface area contributed by atoms with E-state index in [-0.39, 0.29) is 43.7 Å². The summed E-state index contributed by atoms with van der Waals surface area (Å²) in [4.78, 5) is 72.2. The molecule has 6 amide bonds. The molecular formula is C27H41IN6O7. The highest BCUT2D eigenvalue weighted by molar-refractivity contribution is 14.1. The Kier molecular flexibility index (Phi) is 17.0. The Morgan fingerprint density at radius 1 is 0.878 bits per heavy atom. The van der Waals surface area contributed by atoms with E-state index in [1.807, 2.05) is 22.6 Å². The molecule has 7 N–H and O–H groups in total. The molecule has 1 rings (SSSR count). The molecule has 0 fully saturated rings. The zero-order valence-corrected chi connectivity index (χ0v) is 25.9. The van der Waals surface area contributed by atoms with E-state index < -0.39 is 35.9 Å². The fraction of sp³-hybridized carbons (Fsp3) is 0.556. The molecule has 0 aliphatic carbocycles. The highest BCUT2D eigenvalue weighted by Gasteiger charge is 2.28. The van der Waals surface area contributed by atoms with Gasteiger partial charge in [0, 0.05) is 32.1 Å². The van der Waals surface area contributed by atoms with Gasteiger partial charge in [-0.15, -0.1) is 0 Å². The van der Waals surface area contributed by atoms with Gasteiger partial charge in [-0.25, -0.2) is 4.79 Å². The third-order valence-electron chi connectivity index (χ3n) is 5.81. The van der Waals surface area contributed by atoms with E-state index in [0.29, 0.717) is 35.9 Å². The summed E-state index contributed by atoms with van der Waals surface area (Å²) in [5.74, 6) is -2.02. The van der Waals surface area contributed by atoms with Crippen molar-refractivity contribution in [3.8, 4) is 0 Å². The lowest BCUT2D eigenvalue weighted by Gasteiger charge is -2.25. The predicted octanol–water partition coefficient (Wildman–Crippen LogP) is 1.48.